The van der Waals surface area contributed by atoms with Gasteiger partial charge in [-0.1, -0.05) is 6.42 Å². The van der Waals surface area contributed by atoms with Crippen LogP contribution in [0.1, 0.15) is 42.7 Å². The van der Waals surface area contributed by atoms with Crippen molar-refractivity contribution in [2.75, 3.05) is 26.0 Å². The van der Waals surface area contributed by atoms with Crippen LogP contribution in [0.2, 0.25) is 0 Å². The van der Waals surface area contributed by atoms with E-state index in [1.807, 2.05) is 12.1 Å². The Morgan fingerprint density at radius 3 is 2.50 bits per heavy atom. The van der Waals surface area contributed by atoms with E-state index in [2.05, 4.69) is 27.5 Å². The lowest BCUT2D eigenvalue weighted by Crippen LogP contribution is -2.54. The van der Waals surface area contributed by atoms with Crippen molar-refractivity contribution in [3.05, 3.63) is 36.1 Å². The molecule has 2 bridgehead atoms. The van der Waals surface area contributed by atoms with Crippen molar-refractivity contribution in [3.63, 3.8) is 0 Å². The number of hydrogen-bond donors (Lipinski definition) is 2. The van der Waals surface area contributed by atoms with Crippen molar-refractivity contribution in [3.8, 4) is 17.0 Å². The maximum Gasteiger partial charge on any atom is 0.289 e. The Morgan fingerprint density at radius 1 is 1.09 bits per heavy atom. The van der Waals surface area contributed by atoms with Crippen LogP contribution in [-0.2, 0) is 0 Å². The van der Waals surface area contributed by atoms with E-state index in [1.165, 1.54) is 30.2 Å². The number of fused-ring (bicyclic) bond motifs is 3. The number of aromatic nitrogens is 2. The second kappa shape index (κ2) is 8.09. The molecule has 0 aliphatic carbocycles. The summed E-state index contributed by atoms with van der Waals surface area (Å²) in [5.74, 6) is 0.881. The maximum atomic E-state index is 12.2. The summed E-state index contributed by atoms with van der Waals surface area (Å²) in [7, 11) is 5.43. The number of piperidine rings is 2. The molecule has 32 heavy (non-hydrogen) atoms. The SMILES string of the molecule is CN(C)C(=O)c1cc2cc(-c3ccc(N(C)C4CC5CCCC(C4)N5)nn3)c(O)cc2o1. The topological polar surface area (TPSA) is 94.7 Å². The molecule has 2 fully saturated rings. The van der Waals surface area contributed by atoms with Gasteiger partial charge in [0, 0.05) is 56.3 Å². The van der Waals surface area contributed by atoms with E-state index in [0.717, 1.165) is 24.0 Å². The van der Waals surface area contributed by atoms with E-state index < -0.39 is 0 Å². The Labute approximate surface area is 187 Å². The fourth-order valence-corrected chi connectivity index (χ4v) is 5.00. The Balaban J connectivity index is 1.38. The molecule has 0 spiro atoms. The van der Waals surface area contributed by atoms with Crippen LogP contribution >= 0.6 is 0 Å². The zero-order chi connectivity index (χ0) is 22.4. The third-order valence-corrected chi connectivity index (χ3v) is 6.78. The van der Waals surface area contributed by atoms with Crippen LogP contribution in [0, 0.1) is 0 Å². The molecule has 2 unspecified atom stereocenters. The minimum Gasteiger partial charge on any atom is -0.507 e. The molecule has 0 saturated carbocycles. The smallest absolute Gasteiger partial charge is 0.289 e. The first kappa shape index (κ1) is 20.8. The van der Waals surface area contributed by atoms with Gasteiger partial charge in [0.05, 0.1) is 5.69 Å². The van der Waals surface area contributed by atoms with E-state index in [9.17, 15) is 9.90 Å². The number of aromatic hydroxyl groups is 1. The van der Waals surface area contributed by atoms with Crippen LogP contribution in [0.4, 0.5) is 5.82 Å². The Bertz CT molecular complexity index is 1130. The van der Waals surface area contributed by atoms with Gasteiger partial charge in [-0.15, -0.1) is 10.2 Å². The molecular weight excluding hydrogens is 406 g/mol. The Morgan fingerprint density at radius 2 is 1.84 bits per heavy atom. The summed E-state index contributed by atoms with van der Waals surface area (Å²) >= 11 is 0. The molecule has 8 heteroatoms. The van der Waals surface area contributed by atoms with E-state index >= 15 is 0 Å². The number of amides is 1. The van der Waals surface area contributed by atoms with Crippen molar-refractivity contribution < 1.29 is 14.3 Å². The van der Waals surface area contributed by atoms with Gasteiger partial charge in [-0.25, -0.2) is 0 Å². The van der Waals surface area contributed by atoms with Crippen molar-refractivity contribution in [2.24, 2.45) is 0 Å². The molecule has 4 heterocycles. The third kappa shape index (κ3) is 3.79. The normalized spacial score (nSPS) is 22.7. The lowest BCUT2D eigenvalue weighted by Gasteiger charge is -2.43. The number of carbonyl (C=O) groups is 1. The molecule has 8 nitrogen and oxygen atoms in total. The fourth-order valence-electron chi connectivity index (χ4n) is 5.00. The Hall–Kier alpha value is -3.13. The highest BCUT2D eigenvalue weighted by molar-refractivity contribution is 5.97. The zero-order valence-corrected chi connectivity index (χ0v) is 18.7. The van der Waals surface area contributed by atoms with E-state index in [0.29, 0.717) is 35.0 Å². The summed E-state index contributed by atoms with van der Waals surface area (Å²) < 4.78 is 5.61. The number of nitrogens with zero attached hydrogens (tertiary/aromatic N) is 4. The molecule has 2 saturated heterocycles. The van der Waals surface area contributed by atoms with E-state index in [4.69, 9.17) is 4.42 Å². The molecule has 1 amide bonds. The average molecular weight is 436 g/mol. The summed E-state index contributed by atoms with van der Waals surface area (Å²) in [6.07, 6.45) is 6.08. The lowest BCUT2D eigenvalue weighted by atomic mass is 9.83. The highest BCUT2D eigenvalue weighted by atomic mass is 16.3. The van der Waals surface area contributed by atoms with E-state index in [-0.39, 0.29) is 17.4 Å². The number of nitrogens with one attached hydrogen (secondary N) is 1. The van der Waals surface area contributed by atoms with Crippen LogP contribution < -0.4 is 10.2 Å². The first-order valence-electron chi connectivity index (χ1n) is 11.2. The van der Waals surface area contributed by atoms with Crippen molar-refractivity contribution in [1.82, 2.24) is 20.4 Å². The van der Waals surface area contributed by atoms with Crippen LogP contribution in [0.5, 0.6) is 5.75 Å². The molecule has 5 rings (SSSR count). The van der Waals surface area contributed by atoms with Crippen molar-refractivity contribution >= 4 is 22.7 Å². The molecule has 2 aromatic heterocycles. The number of benzene rings is 1. The number of anilines is 1. The van der Waals surface area contributed by atoms with Crippen LogP contribution in [0.3, 0.4) is 0 Å². The minimum absolute atomic E-state index is 0.0392. The second-order valence-corrected chi connectivity index (χ2v) is 9.22. The standard InChI is InChI=1S/C24H29N5O3/c1-28(2)24(31)22-10-14-9-18(20(30)13-21(14)32-22)19-7-8-23(27-26-19)29(3)17-11-15-5-4-6-16(12-17)25-15/h7-10,13,15-17,25,30H,4-6,11-12H2,1-3H3. The predicted octanol–water partition coefficient (Wildman–Crippen LogP) is 3.41. The maximum absolute atomic E-state index is 12.2. The van der Waals surface area contributed by atoms with Gasteiger partial charge in [0.2, 0.25) is 0 Å². The summed E-state index contributed by atoms with van der Waals surface area (Å²) in [5, 5.41) is 23.9. The summed E-state index contributed by atoms with van der Waals surface area (Å²) in [5.41, 5.74) is 1.59. The van der Waals surface area contributed by atoms with Gasteiger partial charge in [0.25, 0.3) is 5.91 Å². The van der Waals surface area contributed by atoms with Crippen LogP contribution in [0.15, 0.2) is 34.7 Å². The van der Waals surface area contributed by atoms with Gasteiger partial charge in [0.1, 0.15) is 11.3 Å². The summed E-state index contributed by atoms with van der Waals surface area (Å²) in [6.45, 7) is 0. The van der Waals surface area contributed by atoms with Gasteiger partial charge in [0.15, 0.2) is 11.6 Å². The average Bonchev–Trinajstić information content (AvgIpc) is 3.20. The highest BCUT2D eigenvalue weighted by Crippen LogP contribution is 2.35. The molecule has 2 aliphatic rings. The molecule has 1 aromatic carbocycles. The Kier molecular flexibility index (Phi) is 5.25. The molecular formula is C24H29N5O3. The first-order chi connectivity index (χ1) is 15.4. The lowest BCUT2D eigenvalue weighted by molar-refractivity contribution is 0.0799. The number of carbonyl (C=O) groups excluding carboxylic acids is 1. The fraction of sp³-hybridized carbons (Fsp3) is 0.458. The number of hydrogen-bond acceptors (Lipinski definition) is 7. The van der Waals surface area contributed by atoms with Gasteiger partial charge in [-0.05, 0) is 49.9 Å². The van der Waals surface area contributed by atoms with Gasteiger partial charge in [-0.3, -0.25) is 4.79 Å². The van der Waals surface area contributed by atoms with Gasteiger partial charge >= 0.3 is 0 Å². The molecule has 2 N–H and O–H groups in total. The molecule has 0 radical (unpaired) electrons. The third-order valence-electron chi connectivity index (χ3n) is 6.78. The number of rotatable bonds is 4. The van der Waals surface area contributed by atoms with Gasteiger partial charge in [-0.2, -0.15) is 0 Å². The minimum atomic E-state index is -0.225. The zero-order valence-electron chi connectivity index (χ0n) is 18.7. The summed E-state index contributed by atoms with van der Waals surface area (Å²) in [4.78, 5) is 15.9. The second-order valence-electron chi connectivity index (χ2n) is 9.22. The summed E-state index contributed by atoms with van der Waals surface area (Å²) in [6, 6.07) is 10.5. The molecule has 2 aliphatic heterocycles. The highest BCUT2D eigenvalue weighted by Gasteiger charge is 2.33. The largest absolute Gasteiger partial charge is 0.507 e. The van der Waals surface area contributed by atoms with Crippen molar-refractivity contribution in [2.45, 2.75) is 50.2 Å². The number of phenols is 1. The number of furan rings is 1. The van der Waals surface area contributed by atoms with E-state index in [1.54, 1.807) is 26.2 Å². The van der Waals surface area contributed by atoms with Crippen molar-refractivity contribution in [1.29, 1.82) is 0 Å². The van der Waals surface area contributed by atoms with Crippen LogP contribution in [0.25, 0.3) is 22.2 Å². The predicted molar refractivity (Wildman–Crippen MR) is 123 cm³/mol. The monoisotopic (exact) mass is 435 g/mol. The molecule has 168 valence electrons. The molecule has 3 aromatic rings. The van der Waals surface area contributed by atoms with Crippen LogP contribution in [-0.4, -0.2) is 65.4 Å². The quantitative estimate of drug-likeness (QED) is 0.648. The first-order valence-corrected chi connectivity index (χ1v) is 11.2. The van der Waals surface area contributed by atoms with Gasteiger partial charge < -0.3 is 24.6 Å². The molecule has 2 atom stereocenters. The number of phenolic OH excluding ortho intramolecular Hbond substituents is 1.